The molecule has 2 aromatic rings. The third-order valence-corrected chi connectivity index (χ3v) is 2.33. The van der Waals surface area contributed by atoms with E-state index in [4.69, 9.17) is 5.73 Å². The summed E-state index contributed by atoms with van der Waals surface area (Å²) in [6.07, 6.45) is 0.545. The number of nitrogens with two attached hydrogens (primary N) is 1. The van der Waals surface area contributed by atoms with Crippen LogP contribution in [0.2, 0.25) is 0 Å². The Kier molecular flexibility index (Phi) is 3.09. The summed E-state index contributed by atoms with van der Waals surface area (Å²) < 4.78 is 78.5. The largest absolute Gasteiger partial charge is 0.397 e. The van der Waals surface area contributed by atoms with Crippen molar-refractivity contribution in [3.8, 4) is 11.3 Å². The van der Waals surface area contributed by atoms with Crippen LogP contribution in [0.3, 0.4) is 0 Å². The summed E-state index contributed by atoms with van der Waals surface area (Å²) >= 11 is 0. The number of hydrogen-bond donors (Lipinski definition) is 1. The third-order valence-electron chi connectivity index (χ3n) is 2.33. The van der Waals surface area contributed by atoms with Gasteiger partial charge in [0.15, 0.2) is 23.3 Å². The highest BCUT2D eigenvalue weighted by molar-refractivity contribution is 5.73. The lowest BCUT2D eigenvalue weighted by Gasteiger charge is -2.09. The lowest BCUT2D eigenvalue weighted by Crippen LogP contribution is -2.06. The summed E-state index contributed by atoms with van der Waals surface area (Å²) in [5.41, 5.74) is 2.68. The Hall–Kier alpha value is -2.25. The van der Waals surface area contributed by atoms with Crippen molar-refractivity contribution in [2.45, 2.75) is 0 Å². The van der Waals surface area contributed by atoms with Crippen molar-refractivity contribution in [2.24, 2.45) is 0 Å². The van der Waals surface area contributed by atoms with Crippen molar-refractivity contribution in [1.29, 1.82) is 0 Å². The molecule has 1 aromatic carbocycles. The number of nitrogen functional groups attached to an aromatic ring is 1. The first-order valence-electron chi connectivity index (χ1n) is 4.77. The minimum absolute atomic E-state index is 0.545. The molecule has 0 saturated carbocycles. The monoisotopic (exact) mass is 278 g/mol. The van der Waals surface area contributed by atoms with Gasteiger partial charge in [-0.2, -0.15) is 0 Å². The molecule has 0 atom stereocenters. The normalized spacial score (nSPS) is 10.8. The summed E-state index contributed by atoms with van der Waals surface area (Å²) in [6.45, 7) is 0. The summed E-state index contributed by atoms with van der Waals surface area (Å²) in [5.74, 6) is -11.6. The topological polar surface area (TPSA) is 38.9 Å². The van der Waals surface area contributed by atoms with Gasteiger partial charge in [-0.05, 0) is 0 Å². The molecule has 8 heteroatoms. The molecule has 0 bridgehead atoms. The maximum absolute atomic E-state index is 13.5. The quantitative estimate of drug-likeness (QED) is 0.494. The van der Waals surface area contributed by atoms with E-state index in [1.54, 1.807) is 0 Å². The Labute approximate surface area is 102 Å². The van der Waals surface area contributed by atoms with E-state index in [9.17, 15) is 26.3 Å². The van der Waals surface area contributed by atoms with Crippen molar-refractivity contribution in [3.05, 3.63) is 47.2 Å². The van der Waals surface area contributed by atoms with Crippen LogP contribution in [0.25, 0.3) is 11.3 Å². The first-order chi connectivity index (χ1) is 8.84. The van der Waals surface area contributed by atoms with Crippen molar-refractivity contribution in [1.82, 2.24) is 4.98 Å². The number of halogens is 6. The van der Waals surface area contributed by atoms with Crippen LogP contribution in [-0.4, -0.2) is 4.98 Å². The molecule has 2 rings (SSSR count). The van der Waals surface area contributed by atoms with E-state index < -0.39 is 51.8 Å². The fraction of sp³-hybridized carbons (Fsp3) is 0. The number of hydrogen-bond acceptors (Lipinski definition) is 2. The molecule has 0 amide bonds. The standard InChI is InChI=1S/C11H4F6N2/c12-3-1-4(18)11(19-2-3)5-6(13)8(15)10(17)9(16)7(5)14/h1-2H,18H2. The second-order valence-electron chi connectivity index (χ2n) is 3.54. The van der Waals surface area contributed by atoms with Crippen LogP contribution in [0.4, 0.5) is 32.0 Å². The van der Waals surface area contributed by atoms with E-state index >= 15 is 0 Å². The predicted octanol–water partition coefficient (Wildman–Crippen LogP) is 3.17. The van der Waals surface area contributed by atoms with Gasteiger partial charge in [-0.15, -0.1) is 0 Å². The SMILES string of the molecule is Nc1cc(F)cnc1-c1c(F)c(F)c(F)c(F)c1F. The van der Waals surface area contributed by atoms with Gasteiger partial charge in [0.05, 0.1) is 23.1 Å². The molecule has 0 aliphatic carbocycles. The van der Waals surface area contributed by atoms with Gasteiger partial charge in [0, 0.05) is 6.07 Å². The molecule has 1 heterocycles. The summed E-state index contributed by atoms with van der Waals surface area (Å²) in [5, 5.41) is 0. The zero-order valence-electron chi connectivity index (χ0n) is 8.95. The number of aromatic nitrogens is 1. The fourth-order valence-corrected chi connectivity index (χ4v) is 1.48. The number of pyridine rings is 1. The molecule has 0 aliphatic heterocycles. The zero-order chi connectivity index (χ0) is 14.3. The Morgan fingerprint density at radius 1 is 0.789 bits per heavy atom. The molecular weight excluding hydrogens is 274 g/mol. The Balaban J connectivity index is 2.83. The maximum atomic E-state index is 13.5. The van der Waals surface area contributed by atoms with Crippen molar-refractivity contribution in [3.63, 3.8) is 0 Å². The minimum Gasteiger partial charge on any atom is -0.397 e. The lowest BCUT2D eigenvalue weighted by molar-refractivity contribution is 0.381. The van der Waals surface area contributed by atoms with Crippen molar-refractivity contribution >= 4 is 5.69 Å². The number of nitrogens with zero attached hydrogens (tertiary/aromatic N) is 1. The van der Waals surface area contributed by atoms with E-state index in [1.165, 1.54) is 0 Å². The van der Waals surface area contributed by atoms with Crippen LogP contribution in [0, 0.1) is 34.9 Å². The average molecular weight is 278 g/mol. The highest BCUT2D eigenvalue weighted by atomic mass is 19.2. The van der Waals surface area contributed by atoms with Crippen LogP contribution in [0.5, 0.6) is 0 Å². The zero-order valence-corrected chi connectivity index (χ0v) is 8.95. The smallest absolute Gasteiger partial charge is 0.200 e. The molecule has 0 fully saturated rings. The molecule has 1 aromatic heterocycles. The van der Waals surface area contributed by atoms with Crippen LogP contribution in [0.15, 0.2) is 12.3 Å². The Bertz CT molecular complexity index is 642. The van der Waals surface area contributed by atoms with Gasteiger partial charge in [-0.3, -0.25) is 4.98 Å². The molecule has 0 spiro atoms. The molecule has 0 radical (unpaired) electrons. The molecule has 0 saturated heterocycles. The van der Waals surface area contributed by atoms with E-state index in [1.807, 2.05) is 0 Å². The highest BCUT2D eigenvalue weighted by Gasteiger charge is 2.28. The molecule has 0 unspecified atom stereocenters. The van der Waals surface area contributed by atoms with Gasteiger partial charge in [0.1, 0.15) is 5.82 Å². The first kappa shape index (κ1) is 13.2. The lowest BCUT2D eigenvalue weighted by atomic mass is 10.1. The maximum Gasteiger partial charge on any atom is 0.200 e. The Morgan fingerprint density at radius 3 is 1.74 bits per heavy atom. The molecule has 0 aliphatic rings. The minimum atomic E-state index is -2.29. The van der Waals surface area contributed by atoms with Gasteiger partial charge in [0.2, 0.25) is 5.82 Å². The van der Waals surface area contributed by atoms with Crippen molar-refractivity contribution in [2.75, 3.05) is 5.73 Å². The van der Waals surface area contributed by atoms with Gasteiger partial charge in [0.25, 0.3) is 0 Å². The van der Waals surface area contributed by atoms with Crippen LogP contribution >= 0.6 is 0 Å². The van der Waals surface area contributed by atoms with Gasteiger partial charge in [-0.25, -0.2) is 26.3 Å². The molecule has 2 N–H and O–H groups in total. The predicted molar refractivity (Wildman–Crippen MR) is 53.8 cm³/mol. The van der Waals surface area contributed by atoms with E-state index in [-0.39, 0.29) is 0 Å². The molecule has 19 heavy (non-hydrogen) atoms. The molecule has 2 nitrogen and oxygen atoms in total. The van der Waals surface area contributed by atoms with Crippen molar-refractivity contribution < 1.29 is 26.3 Å². The first-order valence-corrected chi connectivity index (χ1v) is 4.77. The second kappa shape index (κ2) is 4.45. The fourth-order valence-electron chi connectivity index (χ4n) is 1.48. The van der Waals surface area contributed by atoms with E-state index in [2.05, 4.69) is 4.98 Å². The number of benzene rings is 1. The number of rotatable bonds is 1. The molecular formula is C11H4F6N2. The molecule has 100 valence electrons. The second-order valence-corrected chi connectivity index (χ2v) is 3.54. The van der Waals surface area contributed by atoms with Crippen LogP contribution in [0.1, 0.15) is 0 Å². The Morgan fingerprint density at radius 2 is 1.26 bits per heavy atom. The summed E-state index contributed by atoms with van der Waals surface area (Å²) in [4.78, 5) is 3.25. The van der Waals surface area contributed by atoms with Crippen LogP contribution < -0.4 is 5.73 Å². The highest BCUT2D eigenvalue weighted by Crippen LogP contribution is 2.33. The van der Waals surface area contributed by atoms with Gasteiger partial charge in [-0.1, -0.05) is 0 Å². The summed E-state index contributed by atoms with van der Waals surface area (Å²) in [6, 6.07) is 0.653. The van der Waals surface area contributed by atoms with E-state index in [0.717, 1.165) is 0 Å². The number of anilines is 1. The average Bonchev–Trinajstić information content (AvgIpc) is 2.37. The van der Waals surface area contributed by atoms with Gasteiger partial charge >= 0.3 is 0 Å². The van der Waals surface area contributed by atoms with Gasteiger partial charge < -0.3 is 5.73 Å². The third kappa shape index (κ3) is 1.98. The summed E-state index contributed by atoms with van der Waals surface area (Å²) in [7, 11) is 0. The van der Waals surface area contributed by atoms with E-state index in [0.29, 0.717) is 12.3 Å². The van der Waals surface area contributed by atoms with Crippen LogP contribution in [-0.2, 0) is 0 Å².